The standard InChI is InChI=1S/C29H48O/c1-7-21(19(2)3)9-8-20(4)25-12-13-26-24-11-10-22-18-23(30)14-16-28(22,5)27(24)15-17-29(25,26)6/h8-9,11,19-23,25-27,30H,7,10,12-18H2,1-6H3/b9-8+/t20-,21+,22-,23+,25-,26-,27+,28+,29-/m0/s1. The van der Waals surface area contributed by atoms with E-state index >= 15 is 0 Å². The topological polar surface area (TPSA) is 20.2 Å². The molecule has 4 rings (SSSR count). The molecule has 30 heavy (non-hydrogen) atoms. The molecule has 3 saturated carbocycles. The number of aliphatic hydroxyl groups excluding tert-OH is 1. The molecule has 9 atom stereocenters. The summed E-state index contributed by atoms with van der Waals surface area (Å²) in [6, 6.07) is 0. The van der Waals surface area contributed by atoms with Crippen LogP contribution in [0.2, 0.25) is 0 Å². The van der Waals surface area contributed by atoms with E-state index in [0.29, 0.717) is 22.7 Å². The Morgan fingerprint density at radius 3 is 2.40 bits per heavy atom. The molecule has 3 fully saturated rings. The number of rotatable bonds is 5. The Morgan fingerprint density at radius 2 is 1.70 bits per heavy atom. The Hall–Kier alpha value is -0.560. The fourth-order valence-electron chi connectivity index (χ4n) is 8.68. The molecule has 0 aromatic heterocycles. The zero-order valence-corrected chi connectivity index (χ0v) is 20.7. The van der Waals surface area contributed by atoms with Crippen LogP contribution in [0.3, 0.4) is 0 Å². The fourth-order valence-corrected chi connectivity index (χ4v) is 8.68. The maximum atomic E-state index is 10.3. The van der Waals surface area contributed by atoms with Crippen LogP contribution >= 0.6 is 0 Å². The van der Waals surface area contributed by atoms with Crippen LogP contribution in [-0.4, -0.2) is 11.2 Å². The van der Waals surface area contributed by atoms with E-state index in [2.05, 4.69) is 59.8 Å². The van der Waals surface area contributed by atoms with Crippen molar-refractivity contribution in [1.29, 1.82) is 0 Å². The van der Waals surface area contributed by atoms with Gasteiger partial charge in [-0.1, -0.05) is 65.3 Å². The highest BCUT2D eigenvalue weighted by molar-refractivity contribution is 5.28. The number of fused-ring (bicyclic) bond motifs is 5. The van der Waals surface area contributed by atoms with Gasteiger partial charge in [-0.15, -0.1) is 0 Å². The molecule has 1 nitrogen and oxygen atoms in total. The number of aliphatic hydroxyl groups is 1. The average Bonchev–Trinajstić information content (AvgIpc) is 3.06. The predicted molar refractivity (Wildman–Crippen MR) is 128 cm³/mol. The normalized spacial score (nSPS) is 45.6. The van der Waals surface area contributed by atoms with Gasteiger partial charge in [0.2, 0.25) is 0 Å². The SMILES string of the molecule is CC[C@H](/C=C/[C@H](C)[C@@H]1CC[C@H]2C3=CC[C@H]4C[C@H](O)CC[C@@]4(C)[C@@H]3CC[C@]21C)C(C)C. The summed E-state index contributed by atoms with van der Waals surface area (Å²) in [5.41, 5.74) is 2.79. The summed E-state index contributed by atoms with van der Waals surface area (Å²) in [6.45, 7) is 14.8. The summed E-state index contributed by atoms with van der Waals surface area (Å²) in [5, 5.41) is 10.3. The first kappa shape index (κ1) is 22.6. The van der Waals surface area contributed by atoms with E-state index in [0.717, 1.165) is 42.4 Å². The van der Waals surface area contributed by atoms with Gasteiger partial charge in [-0.25, -0.2) is 0 Å². The third kappa shape index (κ3) is 3.66. The van der Waals surface area contributed by atoms with Gasteiger partial charge in [0.05, 0.1) is 6.10 Å². The molecule has 0 aliphatic heterocycles. The van der Waals surface area contributed by atoms with Gasteiger partial charge in [0.15, 0.2) is 0 Å². The van der Waals surface area contributed by atoms with Crippen LogP contribution in [0, 0.1) is 52.3 Å². The number of hydrogen-bond acceptors (Lipinski definition) is 1. The van der Waals surface area contributed by atoms with E-state index in [-0.39, 0.29) is 6.10 Å². The molecule has 4 aliphatic carbocycles. The third-order valence-corrected chi connectivity index (χ3v) is 10.7. The average molecular weight is 413 g/mol. The van der Waals surface area contributed by atoms with Gasteiger partial charge in [0, 0.05) is 0 Å². The van der Waals surface area contributed by atoms with E-state index in [4.69, 9.17) is 0 Å². The number of allylic oxidation sites excluding steroid dienone is 4. The second-order valence-electron chi connectivity index (χ2n) is 12.5. The summed E-state index contributed by atoms with van der Waals surface area (Å²) in [4.78, 5) is 0. The first-order valence-corrected chi connectivity index (χ1v) is 13.3. The van der Waals surface area contributed by atoms with Gasteiger partial charge in [-0.05, 0) is 110 Å². The Balaban J connectivity index is 1.53. The molecule has 0 saturated heterocycles. The monoisotopic (exact) mass is 412 g/mol. The van der Waals surface area contributed by atoms with Crippen molar-refractivity contribution in [1.82, 2.24) is 0 Å². The molecule has 0 aromatic carbocycles. The van der Waals surface area contributed by atoms with Crippen LogP contribution in [0.15, 0.2) is 23.8 Å². The van der Waals surface area contributed by atoms with E-state index < -0.39 is 0 Å². The van der Waals surface area contributed by atoms with Gasteiger partial charge >= 0.3 is 0 Å². The Bertz CT molecular complexity index is 674. The molecule has 0 spiro atoms. The minimum atomic E-state index is -0.0480. The minimum absolute atomic E-state index is 0.0480. The summed E-state index contributed by atoms with van der Waals surface area (Å²) >= 11 is 0. The summed E-state index contributed by atoms with van der Waals surface area (Å²) in [6.07, 6.45) is 19.2. The second-order valence-corrected chi connectivity index (χ2v) is 12.5. The van der Waals surface area contributed by atoms with Crippen molar-refractivity contribution in [3.05, 3.63) is 23.8 Å². The maximum Gasteiger partial charge on any atom is 0.0543 e. The minimum Gasteiger partial charge on any atom is -0.393 e. The van der Waals surface area contributed by atoms with Crippen molar-refractivity contribution in [3.63, 3.8) is 0 Å². The summed E-state index contributed by atoms with van der Waals surface area (Å²) in [7, 11) is 0. The quantitative estimate of drug-likeness (QED) is 0.457. The molecule has 0 aromatic rings. The van der Waals surface area contributed by atoms with Gasteiger partial charge in [-0.3, -0.25) is 0 Å². The van der Waals surface area contributed by atoms with Crippen LogP contribution in [0.4, 0.5) is 0 Å². The Kier molecular flexibility index (Phi) is 6.35. The lowest BCUT2D eigenvalue weighted by atomic mass is 9.47. The van der Waals surface area contributed by atoms with Crippen LogP contribution in [0.25, 0.3) is 0 Å². The van der Waals surface area contributed by atoms with Gasteiger partial charge in [-0.2, -0.15) is 0 Å². The molecule has 170 valence electrons. The van der Waals surface area contributed by atoms with E-state index in [9.17, 15) is 5.11 Å². The van der Waals surface area contributed by atoms with Crippen molar-refractivity contribution in [3.8, 4) is 0 Å². The lowest BCUT2D eigenvalue weighted by Crippen LogP contribution is -2.49. The molecule has 0 bridgehead atoms. The van der Waals surface area contributed by atoms with Crippen molar-refractivity contribution in [2.45, 2.75) is 105 Å². The molecule has 1 heteroatoms. The van der Waals surface area contributed by atoms with E-state index in [1.54, 1.807) is 0 Å². The fraction of sp³-hybridized carbons (Fsp3) is 0.862. The highest BCUT2D eigenvalue weighted by Crippen LogP contribution is 2.66. The van der Waals surface area contributed by atoms with Crippen molar-refractivity contribution >= 4 is 0 Å². The first-order valence-electron chi connectivity index (χ1n) is 13.3. The summed E-state index contributed by atoms with van der Waals surface area (Å²) < 4.78 is 0. The molecular formula is C29H48O. The second kappa shape index (κ2) is 8.42. The Morgan fingerprint density at radius 1 is 1.00 bits per heavy atom. The molecular weight excluding hydrogens is 364 g/mol. The lowest BCUT2D eigenvalue weighted by molar-refractivity contribution is -0.0414. The largest absolute Gasteiger partial charge is 0.393 e. The summed E-state index contributed by atoms with van der Waals surface area (Å²) in [5.74, 6) is 5.32. The highest BCUT2D eigenvalue weighted by atomic mass is 16.3. The predicted octanol–water partition coefficient (Wildman–Crippen LogP) is 7.80. The van der Waals surface area contributed by atoms with Crippen molar-refractivity contribution in [2.75, 3.05) is 0 Å². The van der Waals surface area contributed by atoms with E-state index in [1.807, 2.05) is 5.57 Å². The van der Waals surface area contributed by atoms with Crippen molar-refractivity contribution < 1.29 is 5.11 Å². The van der Waals surface area contributed by atoms with Gasteiger partial charge in [0.25, 0.3) is 0 Å². The maximum absolute atomic E-state index is 10.3. The third-order valence-electron chi connectivity index (χ3n) is 10.7. The lowest BCUT2D eigenvalue weighted by Gasteiger charge is -2.57. The molecule has 0 amide bonds. The number of hydrogen-bond donors (Lipinski definition) is 1. The molecule has 0 radical (unpaired) electrons. The van der Waals surface area contributed by atoms with Crippen LogP contribution < -0.4 is 0 Å². The molecule has 0 unspecified atom stereocenters. The molecule has 1 N–H and O–H groups in total. The first-order chi connectivity index (χ1) is 14.2. The molecule has 4 aliphatic rings. The van der Waals surface area contributed by atoms with Gasteiger partial charge in [0.1, 0.15) is 0 Å². The van der Waals surface area contributed by atoms with Crippen molar-refractivity contribution in [2.24, 2.45) is 52.3 Å². The molecule has 0 heterocycles. The Labute approximate surface area is 186 Å². The highest BCUT2D eigenvalue weighted by Gasteiger charge is 2.57. The smallest absolute Gasteiger partial charge is 0.0543 e. The van der Waals surface area contributed by atoms with Crippen LogP contribution in [0.5, 0.6) is 0 Å². The van der Waals surface area contributed by atoms with Gasteiger partial charge < -0.3 is 5.11 Å². The van der Waals surface area contributed by atoms with E-state index in [1.165, 1.54) is 44.9 Å². The zero-order valence-electron chi connectivity index (χ0n) is 20.7. The zero-order chi connectivity index (χ0) is 21.7. The van der Waals surface area contributed by atoms with Crippen LogP contribution in [0.1, 0.15) is 99.3 Å². The van der Waals surface area contributed by atoms with Crippen LogP contribution in [-0.2, 0) is 0 Å².